The van der Waals surface area contributed by atoms with Crippen LogP contribution in [0.1, 0.15) is 13.3 Å². The quantitative estimate of drug-likeness (QED) is 0.740. The Balaban J connectivity index is 2.10. The number of fused-ring (bicyclic) bond motifs is 1. The first-order valence-corrected chi connectivity index (χ1v) is 7.54. The van der Waals surface area contributed by atoms with E-state index in [-0.39, 0.29) is 24.5 Å². The maximum atomic E-state index is 11.7. The van der Waals surface area contributed by atoms with Crippen LogP contribution in [-0.4, -0.2) is 40.2 Å². The summed E-state index contributed by atoms with van der Waals surface area (Å²) in [4.78, 5) is 22.1. The fraction of sp³-hybridized carbons (Fsp3) is 0.500. The number of rotatable bonds is 6. The van der Waals surface area contributed by atoms with Gasteiger partial charge in [-0.05, 0) is 6.42 Å². The first-order chi connectivity index (χ1) is 9.03. The Morgan fingerprint density at radius 2 is 2.26 bits per heavy atom. The van der Waals surface area contributed by atoms with Gasteiger partial charge in [-0.15, -0.1) is 0 Å². The van der Waals surface area contributed by atoms with Gasteiger partial charge in [0.15, 0.2) is 5.65 Å². The summed E-state index contributed by atoms with van der Waals surface area (Å²) >= 11 is 0. The number of aromatic amines is 1. The van der Waals surface area contributed by atoms with Crippen molar-refractivity contribution < 1.29 is 8.42 Å². The molecule has 0 saturated heterocycles. The average molecular weight is 285 g/mol. The fourth-order valence-electron chi connectivity index (χ4n) is 1.77. The lowest BCUT2D eigenvalue weighted by molar-refractivity contribution is 0.571. The zero-order valence-electron chi connectivity index (χ0n) is 10.5. The van der Waals surface area contributed by atoms with E-state index in [0.717, 1.165) is 0 Å². The highest BCUT2D eigenvalue weighted by Gasteiger charge is 2.10. The van der Waals surface area contributed by atoms with E-state index < -0.39 is 10.0 Å². The van der Waals surface area contributed by atoms with Crippen molar-refractivity contribution in [2.45, 2.75) is 19.9 Å². The van der Waals surface area contributed by atoms with Crippen molar-refractivity contribution in [2.24, 2.45) is 0 Å². The van der Waals surface area contributed by atoms with Crippen molar-refractivity contribution in [3.8, 4) is 0 Å². The van der Waals surface area contributed by atoms with E-state index in [1.54, 1.807) is 6.92 Å². The molecular formula is C10H15N5O3S. The number of hydrogen-bond acceptors (Lipinski definition) is 5. The van der Waals surface area contributed by atoms with Crippen LogP contribution >= 0.6 is 0 Å². The topological polar surface area (TPSA) is 110 Å². The molecule has 0 amide bonds. The normalized spacial score (nSPS) is 12.1. The van der Waals surface area contributed by atoms with Crippen molar-refractivity contribution in [1.82, 2.24) is 24.2 Å². The molecule has 0 radical (unpaired) electrons. The molecule has 2 aromatic rings. The third kappa shape index (κ3) is 3.18. The SMILES string of the molecule is CCCS(=O)(=O)NCCn1c(=O)[nH]c2cncnc21. The van der Waals surface area contributed by atoms with Gasteiger partial charge >= 0.3 is 5.69 Å². The molecule has 0 saturated carbocycles. The number of aromatic nitrogens is 4. The van der Waals surface area contributed by atoms with Gasteiger partial charge in [-0.1, -0.05) is 6.92 Å². The van der Waals surface area contributed by atoms with E-state index in [1.807, 2.05) is 0 Å². The lowest BCUT2D eigenvalue weighted by Gasteiger charge is -2.05. The van der Waals surface area contributed by atoms with Gasteiger partial charge < -0.3 is 4.98 Å². The summed E-state index contributed by atoms with van der Waals surface area (Å²) in [6.07, 6.45) is 3.39. The Hall–Kier alpha value is -1.74. The number of H-pyrrole nitrogens is 1. The first kappa shape index (κ1) is 13.7. The maximum absolute atomic E-state index is 11.7. The van der Waals surface area contributed by atoms with Gasteiger partial charge in [0.2, 0.25) is 10.0 Å². The third-order valence-electron chi connectivity index (χ3n) is 2.56. The Bertz CT molecular complexity index is 718. The van der Waals surface area contributed by atoms with Gasteiger partial charge in [-0.2, -0.15) is 0 Å². The van der Waals surface area contributed by atoms with Crippen molar-refractivity contribution in [2.75, 3.05) is 12.3 Å². The summed E-state index contributed by atoms with van der Waals surface area (Å²) in [6, 6.07) is 0. The van der Waals surface area contributed by atoms with Crippen LogP contribution in [0.2, 0.25) is 0 Å². The smallest absolute Gasteiger partial charge is 0.303 e. The molecule has 2 N–H and O–H groups in total. The lowest BCUT2D eigenvalue weighted by Crippen LogP contribution is -2.31. The van der Waals surface area contributed by atoms with Gasteiger partial charge in [0.1, 0.15) is 11.8 Å². The molecule has 8 nitrogen and oxygen atoms in total. The van der Waals surface area contributed by atoms with Crippen LogP contribution < -0.4 is 10.4 Å². The minimum absolute atomic E-state index is 0.0813. The number of hydrogen-bond donors (Lipinski definition) is 2. The second-order valence-corrected chi connectivity index (χ2v) is 5.98. The van der Waals surface area contributed by atoms with Crippen molar-refractivity contribution in [3.63, 3.8) is 0 Å². The van der Waals surface area contributed by atoms with E-state index in [0.29, 0.717) is 17.6 Å². The molecule has 2 aromatic heterocycles. The second-order valence-electron chi connectivity index (χ2n) is 4.06. The molecule has 2 rings (SSSR count). The highest BCUT2D eigenvalue weighted by molar-refractivity contribution is 7.89. The van der Waals surface area contributed by atoms with Gasteiger partial charge in [-0.25, -0.2) is 27.9 Å². The van der Waals surface area contributed by atoms with E-state index >= 15 is 0 Å². The predicted molar refractivity (Wildman–Crippen MR) is 70.2 cm³/mol. The van der Waals surface area contributed by atoms with E-state index in [2.05, 4.69) is 19.7 Å². The fourth-order valence-corrected chi connectivity index (χ4v) is 2.85. The molecule has 2 heterocycles. The molecule has 9 heteroatoms. The van der Waals surface area contributed by atoms with Crippen LogP contribution in [0.3, 0.4) is 0 Å². The van der Waals surface area contributed by atoms with Crippen LogP contribution in [0.4, 0.5) is 0 Å². The summed E-state index contributed by atoms with van der Waals surface area (Å²) < 4.78 is 26.8. The van der Waals surface area contributed by atoms with Gasteiger partial charge in [0.05, 0.1) is 11.9 Å². The van der Waals surface area contributed by atoms with Crippen LogP contribution in [-0.2, 0) is 16.6 Å². The summed E-state index contributed by atoms with van der Waals surface area (Å²) in [5.41, 5.74) is 0.670. The zero-order valence-corrected chi connectivity index (χ0v) is 11.3. The molecule has 0 aliphatic carbocycles. The molecule has 0 bridgehead atoms. The van der Waals surface area contributed by atoms with Crippen LogP contribution in [0.15, 0.2) is 17.3 Å². The van der Waals surface area contributed by atoms with Gasteiger partial charge in [-0.3, -0.25) is 4.57 Å². The summed E-state index contributed by atoms with van der Waals surface area (Å²) in [6.45, 7) is 2.16. The monoisotopic (exact) mass is 285 g/mol. The van der Waals surface area contributed by atoms with E-state index in [1.165, 1.54) is 17.1 Å². The van der Waals surface area contributed by atoms with Crippen molar-refractivity contribution in [1.29, 1.82) is 0 Å². The number of imidazole rings is 1. The largest absolute Gasteiger partial charge is 0.327 e. The number of nitrogens with one attached hydrogen (secondary N) is 2. The van der Waals surface area contributed by atoms with Crippen LogP contribution in [0.25, 0.3) is 11.2 Å². The van der Waals surface area contributed by atoms with Gasteiger partial charge in [0.25, 0.3) is 0 Å². The minimum Gasteiger partial charge on any atom is -0.303 e. The third-order valence-corrected chi connectivity index (χ3v) is 4.15. The molecule has 0 spiro atoms. The summed E-state index contributed by atoms with van der Waals surface area (Å²) in [7, 11) is -3.26. The molecule has 0 aromatic carbocycles. The van der Waals surface area contributed by atoms with Crippen molar-refractivity contribution in [3.05, 3.63) is 23.0 Å². The summed E-state index contributed by atoms with van der Waals surface area (Å²) in [5.74, 6) is 0.0813. The molecule has 0 unspecified atom stereocenters. The molecule has 0 aliphatic rings. The average Bonchev–Trinajstić information content (AvgIpc) is 2.66. The van der Waals surface area contributed by atoms with Gasteiger partial charge in [0, 0.05) is 13.1 Å². The number of sulfonamides is 1. The van der Waals surface area contributed by atoms with E-state index in [4.69, 9.17) is 0 Å². The van der Waals surface area contributed by atoms with Crippen LogP contribution in [0, 0.1) is 0 Å². The highest BCUT2D eigenvalue weighted by Crippen LogP contribution is 2.02. The minimum atomic E-state index is -3.26. The van der Waals surface area contributed by atoms with Crippen molar-refractivity contribution >= 4 is 21.2 Å². The molecular weight excluding hydrogens is 270 g/mol. The van der Waals surface area contributed by atoms with Crippen LogP contribution in [0.5, 0.6) is 0 Å². The Labute approximate surface area is 109 Å². The molecule has 0 fully saturated rings. The molecule has 19 heavy (non-hydrogen) atoms. The zero-order chi connectivity index (χ0) is 13.9. The highest BCUT2D eigenvalue weighted by atomic mass is 32.2. The Kier molecular flexibility index (Phi) is 3.96. The molecule has 0 atom stereocenters. The lowest BCUT2D eigenvalue weighted by atomic mass is 10.5. The predicted octanol–water partition coefficient (Wildman–Crippen LogP) is -0.551. The Morgan fingerprint density at radius 3 is 3.00 bits per heavy atom. The Morgan fingerprint density at radius 1 is 1.47 bits per heavy atom. The summed E-state index contributed by atoms with van der Waals surface area (Å²) in [5, 5.41) is 0. The maximum Gasteiger partial charge on any atom is 0.327 e. The standard InChI is InChI=1S/C10H15N5O3S/c1-2-5-19(17,18)13-3-4-15-9-8(14-10(15)16)6-11-7-12-9/h6-7,13H,2-5H2,1H3,(H,14,16). The van der Waals surface area contributed by atoms with E-state index in [9.17, 15) is 13.2 Å². The molecule has 104 valence electrons. The second kappa shape index (κ2) is 5.49. The first-order valence-electron chi connectivity index (χ1n) is 5.89. The number of nitrogens with zero attached hydrogens (tertiary/aromatic N) is 3. The molecule has 0 aliphatic heterocycles.